The van der Waals surface area contributed by atoms with Crippen LogP contribution in [0.2, 0.25) is 0 Å². The maximum absolute atomic E-state index is 14.5. The predicted octanol–water partition coefficient (Wildman–Crippen LogP) is 2.62. The Bertz CT molecular complexity index is 839. The summed E-state index contributed by atoms with van der Waals surface area (Å²) in [6.07, 6.45) is 3.52. The van der Waals surface area contributed by atoms with Crippen LogP contribution in [0.15, 0.2) is 30.5 Å². The maximum Gasteiger partial charge on any atom is 0.236 e. The molecule has 0 radical (unpaired) electrons. The third kappa shape index (κ3) is 4.47. The molecule has 0 bridgehead atoms. The van der Waals surface area contributed by atoms with Gasteiger partial charge in [-0.25, -0.2) is 14.4 Å². The largest absolute Gasteiger partial charge is 0.347 e. The summed E-state index contributed by atoms with van der Waals surface area (Å²) < 4.78 is 14.5. The minimum Gasteiger partial charge on any atom is -0.347 e. The Hall–Kier alpha value is -2.54. The monoisotopic (exact) mass is 385 g/mol. The van der Waals surface area contributed by atoms with E-state index < -0.39 is 0 Å². The third-order valence-corrected chi connectivity index (χ3v) is 4.98. The highest BCUT2D eigenvalue weighted by molar-refractivity contribution is 5.78. The Morgan fingerprint density at radius 1 is 1.21 bits per heavy atom. The Labute approximate surface area is 166 Å². The number of anilines is 1. The van der Waals surface area contributed by atoms with Gasteiger partial charge in [0.05, 0.1) is 12.2 Å². The van der Waals surface area contributed by atoms with Gasteiger partial charge < -0.3 is 14.7 Å². The first-order valence-corrected chi connectivity index (χ1v) is 9.58. The number of benzene rings is 1. The number of rotatable bonds is 5. The molecule has 6 nitrogen and oxygen atoms in total. The molecule has 28 heavy (non-hydrogen) atoms. The first-order valence-electron chi connectivity index (χ1n) is 9.58. The molecule has 1 aliphatic rings. The molecule has 2 aromatic rings. The second-order valence-electron chi connectivity index (χ2n) is 7.76. The number of nitrogens with zero attached hydrogens (tertiary/aromatic N) is 5. The van der Waals surface area contributed by atoms with E-state index in [1.54, 1.807) is 18.3 Å². The van der Waals surface area contributed by atoms with Gasteiger partial charge in [0.2, 0.25) is 11.9 Å². The molecular weight excluding hydrogens is 357 g/mol. The number of hydrogen-bond acceptors (Lipinski definition) is 5. The summed E-state index contributed by atoms with van der Waals surface area (Å²) in [4.78, 5) is 27.3. The summed E-state index contributed by atoms with van der Waals surface area (Å²) >= 11 is 0. The van der Waals surface area contributed by atoms with Crippen LogP contribution < -0.4 is 4.90 Å². The van der Waals surface area contributed by atoms with Crippen molar-refractivity contribution in [2.45, 2.75) is 18.8 Å². The van der Waals surface area contributed by atoms with E-state index in [1.807, 2.05) is 49.0 Å². The first kappa shape index (κ1) is 20.2. The normalized spacial score (nSPS) is 17.1. The molecule has 1 aliphatic heterocycles. The van der Waals surface area contributed by atoms with Crippen LogP contribution in [-0.2, 0) is 4.79 Å². The van der Waals surface area contributed by atoms with E-state index in [2.05, 4.69) is 4.98 Å². The number of carbonyl (C=O) groups excluding carboxylic acids is 1. The van der Waals surface area contributed by atoms with E-state index in [0.717, 1.165) is 25.1 Å². The lowest BCUT2D eigenvalue weighted by atomic mass is 9.89. The highest BCUT2D eigenvalue weighted by atomic mass is 19.1. The highest BCUT2D eigenvalue weighted by Crippen LogP contribution is 2.34. The van der Waals surface area contributed by atoms with Gasteiger partial charge in [-0.1, -0.05) is 18.2 Å². The fourth-order valence-electron chi connectivity index (χ4n) is 3.60. The first-order chi connectivity index (χ1) is 13.4. The summed E-state index contributed by atoms with van der Waals surface area (Å²) in [5.41, 5.74) is 2.02. The molecule has 150 valence electrons. The number of likely N-dealkylation sites (tertiary alicyclic amines) is 1. The average molecular weight is 385 g/mol. The highest BCUT2D eigenvalue weighted by Gasteiger charge is 2.29. The lowest BCUT2D eigenvalue weighted by Crippen LogP contribution is -2.43. The summed E-state index contributed by atoms with van der Waals surface area (Å²) in [5, 5.41) is 0. The van der Waals surface area contributed by atoms with Gasteiger partial charge in [0.1, 0.15) is 5.82 Å². The van der Waals surface area contributed by atoms with E-state index >= 15 is 0 Å². The minimum atomic E-state index is -0.290. The molecule has 0 spiro atoms. The fraction of sp³-hybridized carbons (Fsp3) is 0.476. The van der Waals surface area contributed by atoms with Crippen LogP contribution in [0.1, 0.15) is 24.5 Å². The molecule has 0 aliphatic carbocycles. The topological polar surface area (TPSA) is 52.6 Å². The standard InChI is InChI=1S/C21H28FN5O/c1-25(2)14-19(28)27-11-7-8-15(13-27)20-17(12-23-21(24-20)26(3)4)16-9-5-6-10-18(16)22/h5-6,9-10,12,15H,7-8,11,13-14H2,1-4H3/t15-/m1/s1. The van der Waals surface area contributed by atoms with E-state index in [0.29, 0.717) is 30.2 Å². The van der Waals surface area contributed by atoms with E-state index in [9.17, 15) is 9.18 Å². The van der Waals surface area contributed by atoms with Crippen LogP contribution in [0.4, 0.5) is 10.3 Å². The average Bonchev–Trinajstić information content (AvgIpc) is 2.67. The van der Waals surface area contributed by atoms with E-state index in [1.165, 1.54) is 6.07 Å². The Morgan fingerprint density at radius 2 is 1.96 bits per heavy atom. The molecule has 0 unspecified atom stereocenters. The van der Waals surface area contributed by atoms with Crippen LogP contribution in [0.3, 0.4) is 0 Å². The number of aromatic nitrogens is 2. The number of amides is 1. The van der Waals surface area contributed by atoms with Crippen molar-refractivity contribution < 1.29 is 9.18 Å². The molecule has 1 fully saturated rings. The molecule has 2 heterocycles. The van der Waals surface area contributed by atoms with Gasteiger partial charge in [-0.05, 0) is 33.0 Å². The Kier molecular flexibility index (Phi) is 6.24. The smallest absolute Gasteiger partial charge is 0.236 e. The quantitative estimate of drug-likeness (QED) is 0.792. The molecule has 0 N–H and O–H groups in total. The van der Waals surface area contributed by atoms with Gasteiger partial charge in [0.15, 0.2) is 0 Å². The third-order valence-electron chi connectivity index (χ3n) is 4.98. The van der Waals surface area contributed by atoms with Gasteiger partial charge in [-0.3, -0.25) is 4.79 Å². The second-order valence-corrected chi connectivity index (χ2v) is 7.76. The van der Waals surface area contributed by atoms with Crippen LogP contribution in [-0.4, -0.2) is 73.5 Å². The fourth-order valence-corrected chi connectivity index (χ4v) is 3.60. The van der Waals surface area contributed by atoms with Gasteiger partial charge in [0.25, 0.3) is 0 Å². The number of hydrogen-bond donors (Lipinski definition) is 0. The molecule has 7 heteroatoms. The van der Waals surface area contributed by atoms with Crippen molar-refractivity contribution in [1.29, 1.82) is 0 Å². The molecule has 1 aromatic heterocycles. The lowest BCUT2D eigenvalue weighted by molar-refractivity contribution is -0.133. The van der Waals surface area contributed by atoms with Crippen molar-refractivity contribution in [1.82, 2.24) is 19.8 Å². The van der Waals surface area contributed by atoms with Crippen molar-refractivity contribution in [2.24, 2.45) is 0 Å². The summed E-state index contributed by atoms with van der Waals surface area (Å²) in [7, 11) is 7.55. The van der Waals surface area contributed by atoms with Crippen LogP contribution in [0.25, 0.3) is 11.1 Å². The van der Waals surface area contributed by atoms with E-state index in [-0.39, 0.29) is 17.6 Å². The van der Waals surface area contributed by atoms with Crippen molar-refractivity contribution in [3.63, 3.8) is 0 Å². The zero-order chi connectivity index (χ0) is 20.3. The molecular formula is C21H28FN5O. The number of halogens is 1. The molecule has 1 atom stereocenters. The summed E-state index contributed by atoms with van der Waals surface area (Å²) in [5.74, 6) is 0.466. The van der Waals surface area contributed by atoms with Crippen molar-refractivity contribution in [3.8, 4) is 11.1 Å². The molecule has 3 rings (SSSR count). The van der Waals surface area contributed by atoms with Crippen molar-refractivity contribution in [2.75, 3.05) is 52.7 Å². The van der Waals surface area contributed by atoms with Crippen molar-refractivity contribution in [3.05, 3.63) is 42.0 Å². The van der Waals surface area contributed by atoms with Gasteiger partial charge >= 0.3 is 0 Å². The maximum atomic E-state index is 14.5. The van der Waals surface area contributed by atoms with Gasteiger partial charge in [-0.15, -0.1) is 0 Å². The lowest BCUT2D eigenvalue weighted by Gasteiger charge is -2.34. The zero-order valence-corrected chi connectivity index (χ0v) is 17.0. The van der Waals surface area contributed by atoms with Gasteiger partial charge in [0, 0.05) is 50.4 Å². The van der Waals surface area contributed by atoms with Gasteiger partial charge in [-0.2, -0.15) is 0 Å². The summed E-state index contributed by atoms with van der Waals surface area (Å²) in [6.45, 7) is 1.74. The second kappa shape index (κ2) is 8.65. The number of carbonyl (C=O) groups is 1. The number of piperidine rings is 1. The SMILES string of the molecule is CN(C)CC(=O)N1CCC[C@@H](c2nc(N(C)C)ncc2-c2ccccc2F)C1. The molecule has 1 aromatic carbocycles. The minimum absolute atomic E-state index is 0.0520. The van der Waals surface area contributed by atoms with Crippen LogP contribution in [0.5, 0.6) is 0 Å². The van der Waals surface area contributed by atoms with Crippen molar-refractivity contribution >= 4 is 11.9 Å². The summed E-state index contributed by atoms with van der Waals surface area (Å²) in [6, 6.07) is 6.70. The predicted molar refractivity (Wildman–Crippen MR) is 109 cm³/mol. The molecule has 0 saturated carbocycles. The Morgan fingerprint density at radius 3 is 2.64 bits per heavy atom. The molecule has 1 saturated heterocycles. The molecule has 1 amide bonds. The number of likely N-dealkylation sites (N-methyl/N-ethyl adjacent to an activating group) is 1. The van der Waals surface area contributed by atoms with Crippen LogP contribution in [0, 0.1) is 5.82 Å². The Balaban J connectivity index is 1.98. The zero-order valence-electron chi connectivity index (χ0n) is 17.0. The van der Waals surface area contributed by atoms with E-state index in [4.69, 9.17) is 4.98 Å². The van der Waals surface area contributed by atoms with Crippen LogP contribution >= 0.6 is 0 Å².